The van der Waals surface area contributed by atoms with Crippen LogP contribution in [0.25, 0.3) is 0 Å². The Morgan fingerprint density at radius 2 is 1.96 bits per heavy atom. The molecule has 1 saturated heterocycles. The van der Waals surface area contributed by atoms with Gasteiger partial charge in [-0.05, 0) is 25.2 Å². The highest BCUT2D eigenvalue weighted by molar-refractivity contribution is 5.87. The van der Waals surface area contributed by atoms with E-state index in [-0.39, 0.29) is 24.7 Å². The first-order valence-corrected chi connectivity index (χ1v) is 8.16. The Balaban J connectivity index is 2.85. The molecule has 1 unspecified atom stereocenters. The maximum atomic E-state index is 12.4. The van der Waals surface area contributed by atoms with Crippen LogP contribution in [0.1, 0.15) is 33.1 Å². The lowest BCUT2D eigenvalue weighted by atomic mass is 9.94. The second kappa shape index (κ2) is 9.21. The number of nitrogens with two attached hydrogens (primary N) is 1. The van der Waals surface area contributed by atoms with Gasteiger partial charge in [-0.1, -0.05) is 13.8 Å². The lowest BCUT2D eigenvalue weighted by Gasteiger charge is -2.27. The van der Waals surface area contributed by atoms with E-state index in [1.165, 1.54) is 0 Å². The molecule has 1 fully saturated rings. The quantitative estimate of drug-likeness (QED) is 0.293. The smallest absolute Gasteiger partial charge is 0.405 e. The number of aliphatic hydroxyl groups is 1. The molecule has 0 aromatic carbocycles. The standard InChI is InChI=1S/C15H26N4O6/c1-7(2)5-10(19-15(24)25)14(23)18-9(11(20)12(16)21)6-8-3-4-17-13(8)22/h7-11,19-20H,3-6H2,1-2H3,(H2,16,21)(H,17,22)(H,18,23)(H,24,25)/t8-,9-,10-,11?/m0/s1. The van der Waals surface area contributed by atoms with Gasteiger partial charge in [0.1, 0.15) is 6.04 Å². The van der Waals surface area contributed by atoms with E-state index in [9.17, 15) is 24.3 Å². The van der Waals surface area contributed by atoms with Gasteiger partial charge in [0.05, 0.1) is 6.04 Å². The monoisotopic (exact) mass is 358 g/mol. The number of carbonyl (C=O) groups is 4. The number of nitrogens with one attached hydrogen (secondary N) is 3. The van der Waals surface area contributed by atoms with Crippen LogP contribution < -0.4 is 21.7 Å². The van der Waals surface area contributed by atoms with Crippen LogP contribution in [-0.2, 0) is 14.4 Å². The fourth-order valence-electron chi connectivity index (χ4n) is 2.78. The van der Waals surface area contributed by atoms with Gasteiger partial charge in [0.2, 0.25) is 17.7 Å². The molecule has 0 aromatic rings. The molecule has 7 N–H and O–H groups in total. The maximum Gasteiger partial charge on any atom is 0.405 e. The number of amides is 4. The summed E-state index contributed by atoms with van der Waals surface area (Å²) in [7, 11) is 0. The molecule has 1 heterocycles. The Bertz CT molecular complexity index is 524. The first-order chi connectivity index (χ1) is 11.6. The highest BCUT2D eigenvalue weighted by Crippen LogP contribution is 2.18. The Kier molecular flexibility index (Phi) is 7.62. The summed E-state index contributed by atoms with van der Waals surface area (Å²) in [4.78, 5) is 46.3. The molecule has 0 bridgehead atoms. The van der Waals surface area contributed by atoms with Gasteiger partial charge >= 0.3 is 6.09 Å². The Hall–Kier alpha value is -2.36. The minimum atomic E-state index is -1.68. The Morgan fingerprint density at radius 1 is 1.32 bits per heavy atom. The van der Waals surface area contributed by atoms with Crippen molar-refractivity contribution in [1.29, 1.82) is 0 Å². The number of carbonyl (C=O) groups excluding carboxylic acids is 3. The summed E-state index contributed by atoms with van der Waals surface area (Å²) < 4.78 is 0. The molecular formula is C15H26N4O6. The second-order valence-corrected chi connectivity index (χ2v) is 6.61. The number of primary amides is 1. The highest BCUT2D eigenvalue weighted by atomic mass is 16.4. The summed E-state index contributed by atoms with van der Waals surface area (Å²) >= 11 is 0. The number of carboxylic acid groups (broad SMARTS) is 1. The van der Waals surface area contributed by atoms with Crippen molar-refractivity contribution in [3.05, 3.63) is 0 Å². The molecule has 10 nitrogen and oxygen atoms in total. The average Bonchev–Trinajstić information content (AvgIpc) is 2.89. The molecule has 10 heteroatoms. The Labute approximate surface area is 145 Å². The molecular weight excluding hydrogens is 332 g/mol. The topological polar surface area (TPSA) is 171 Å². The molecule has 1 rings (SSSR count). The van der Waals surface area contributed by atoms with Gasteiger partial charge in [0.15, 0.2) is 6.10 Å². The predicted molar refractivity (Wildman–Crippen MR) is 87.3 cm³/mol. The van der Waals surface area contributed by atoms with Crippen molar-refractivity contribution in [1.82, 2.24) is 16.0 Å². The van der Waals surface area contributed by atoms with Crippen molar-refractivity contribution in [2.24, 2.45) is 17.6 Å². The van der Waals surface area contributed by atoms with E-state index in [0.29, 0.717) is 13.0 Å². The fourth-order valence-corrected chi connectivity index (χ4v) is 2.78. The van der Waals surface area contributed by atoms with E-state index in [0.717, 1.165) is 0 Å². The van der Waals surface area contributed by atoms with E-state index < -0.39 is 42.0 Å². The first-order valence-electron chi connectivity index (χ1n) is 8.16. The highest BCUT2D eigenvalue weighted by Gasteiger charge is 2.35. The van der Waals surface area contributed by atoms with Crippen molar-refractivity contribution in [3.63, 3.8) is 0 Å². The van der Waals surface area contributed by atoms with E-state index in [4.69, 9.17) is 10.8 Å². The predicted octanol–water partition coefficient (Wildman–Crippen LogP) is -1.47. The van der Waals surface area contributed by atoms with Crippen molar-refractivity contribution in [2.45, 2.75) is 51.3 Å². The van der Waals surface area contributed by atoms with Crippen molar-refractivity contribution >= 4 is 23.8 Å². The third kappa shape index (κ3) is 6.57. The van der Waals surface area contributed by atoms with E-state index in [1.54, 1.807) is 0 Å². The lowest BCUT2D eigenvalue weighted by molar-refractivity contribution is -0.132. The molecule has 25 heavy (non-hydrogen) atoms. The third-order valence-corrected chi connectivity index (χ3v) is 4.02. The van der Waals surface area contributed by atoms with Crippen molar-refractivity contribution in [3.8, 4) is 0 Å². The van der Waals surface area contributed by atoms with Crippen LogP contribution in [0.15, 0.2) is 0 Å². The summed E-state index contributed by atoms with van der Waals surface area (Å²) in [6, 6.07) is -2.12. The summed E-state index contributed by atoms with van der Waals surface area (Å²) in [5.74, 6) is -2.37. The summed E-state index contributed by atoms with van der Waals surface area (Å²) in [5, 5.41) is 26.1. The summed E-state index contributed by atoms with van der Waals surface area (Å²) in [5.41, 5.74) is 5.11. The minimum Gasteiger partial charge on any atom is -0.465 e. The molecule has 1 aliphatic rings. The van der Waals surface area contributed by atoms with Crippen LogP contribution in [0.4, 0.5) is 4.79 Å². The van der Waals surface area contributed by atoms with Crippen molar-refractivity contribution < 1.29 is 29.4 Å². The second-order valence-electron chi connectivity index (χ2n) is 6.61. The molecule has 0 saturated carbocycles. The SMILES string of the molecule is CC(C)C[C@H](NC(=O)O)C(=O)N[C@@H](C[C@@H]1CCNC1=O)C(O)C(N)=O. The summed E-state index contributed by atoms with van der Waals surface area (Å²) in [6.07, 6.45) is -2.26. The van der Waals surface area contributed by atoms with Gasteiger partial charge in [-0.3, -0.25) is 14.4 Å². The number of hydrogen-bond acceptors (Lipinski definition) is 5. The van der Waals surface area contributed by atoms with Crippen LogP contribution in [0.5, 0.6) is 0 Å². The maximum absolute atomic E-state index is 12.4. The molecule has 0 aliphatic carbocycles. The van der Waals surface area contributed by atoms with Crippen LogP contribution in [0.2, 0.25) is 0 Å². The Morgan fingerprint density at radius 3 is 2.40 bits per heavy atom. The summed E-state index contributed by atoms with van der Waals surface area (Å²) in [6.45, 7) is 4.12. The minimum absolute atomic E-state index is 0.0303. The van der Waals surface area contributed by atoms with Gasteiger partial charge in [0.25, 0.3) is 0 Å². The number of aliphatic hydroxyl groups excluding tert-OH is 1. The van der Waals surface area contributed by atoms with Gasteiger partial charge in [-0.25, -0.2) is 4.79 Å². The molecule has 4 amide bonds. The number of hydrogen-bond donors (Lipinski definition) is 6. The first kappa shape index (κ1) is 20.7. The van der Waals surface area contributed by atoms with E-state index in [1.807, 2.05) is 13.8 Å². The zero-order valence-corrected chi connectivity index (χ0v) is 14.3. The van der Waals surface area contributed by atoms with E-state index in [2.05, 4.69) is 16.0 Å². The van der Waals surface area contributed by atoms with Crippen LogP contribution in [0.3, 0.4) is 0 Å². The zero-order chi connectivity index (χ0) is 19.1. The zero-order valence-electron chi connectivity index (χ0n) is 14.3. The molecule has 0 aromatic heterocycles. The van der Waals surface area contributed by atoms with Crippen LogP contribution in [-0.4, -0.2) is 58.8 Å². The molecule has 0 radical (unpaired) electrons. The third-order valence-electron chi connectivity index (χ3n) is 4.02. The van der Waals surface area contributed by atoms with Crippen LogP contribution in [0, 0.1) is 11.8 Å². The fraction of sp³-hybridized carbons (Fsp3) is 0.733. The number of rotatable bonds is 9. The van der Waals surface area contributed by atoms with Crippen LogP contribution >= 0.6 is 0 Å². The van der Waals surface area contributed by atoms with Gasteiger partial charge in [-0.15, -0.1) is 0 Å². The molecule has 4 atom stereocenters. The molecule has 142 valence electrons. The molecule has 0 spiro atoms. The average molecular weight is 358 g/mol. The molecule has 1 aliphatic heterocycles. The van der Waals surface area contributed by atoms with Gasteiger partial charge < -0.3 is 31.9 Å². The van der Waals surface area contributed by atoms with Gasteiger partial charge in [0, 0.05) is 12.5 Å². The van der Waals surface area contributed by atoms with Crippen molar-refractivity contribution in [2.75, 3.05) is 6.54 Å². The lowest BCUT2D eigenvalue weighted by Crippen LogP contribution is -2.55. The van der Waals surface area contributed by atoms with Gasteiger partial charge in [-0.2, -0.15) is 0 Å². The largest absolute Gasteiger partial charge is 0.465 e. The van der Waals surface area contributed by atoms with E-state index >= 15 is 0 Å². The normalized spacial score (nSPS) is 20.5.